The summed E-state index contributed by atoms with van der Waals surface area (Å²) in [5.41, 5.74) is 1.86. The molecule has 0 rings (SSSR count). The number of hydrogen-bond acceptors (Lipinski definition) is 3. The number of carbonyl (C=O) groups excluding carboxylic acids is 1. The molecule has 0 fully saturated rings. The van der Waals surface area contributed by atoms with Crippen molar-refractivity contribution in [3.8, 4) is 0 Å². The smallest absolute Gasteiger partial charge is 0.276 e. The zero-order valence-electron chi connectivity index (χ0n) is 8.33. The Kier molecular flexibility index (Phi) is 6.48. The van der Waals surface area contributed by atoms with Crippen LogP contribution < -0.4 is 0 Å². The summed E-state index contributed by atoms with van der Waals surface area (Å²) in [6.07, 6.45) is 0. The average Bonchev–Trinajstić information content (AvgIpc) is 2.03. The van der Waals surface area contributed by atoms with Gasteiger partial charge in [-0.05, 0) is 11.8 Å². The zero-order chi connectivity index (χ0) is 9.56. The predicted molar refractivity (Wildman–Crippen MR) is 54.5 cm³/mol. The molecule has 1 radical (unpaired) electrons. The number of nitrogens with zero attached hydrogens (tertiary/aromatic N) is 1. The van der Waals surface area contributed by atoms with E-state index in [4.69, 9.17) is 0 Å². The molecule has 0 aromatic heterocycles. The molecule has 0 saturated carbocycles. The first kappa shape index (κ1) is 12.0. The van der Waals surface area contributed by atoms with Crippen molar-refractivity contribution in [1.29, 1.82) is 0 Å². The minimum absolute atomic E-state index is 0.630. The van der Waals surface area contributed by atoms with Gasteiger partial charge in [-0.3, -0.25) is 4.79 Å². The van der Waals surface area contributed by atoms with E-state index < -0.39 is 0 Å². The van der Waals surface area contributed by atoms with Crippen LogP contribution in [0.5, 0.6) is 0 Å². The number of hydrogen-bond donors (Lipinski definition) is 0. The van der Waals surface area contributed by atoms with E-state index in [1.54, 1.807) is 0 Å². The van der Waals surface area contributed by atoms with Crippen molar-refractivity contribution in [3.63, 3.8) is 0 Å². The lowest BCUT2D eigenvalue weighted by Crippen LogP contribution is -2.24. The quantitative estimate of drug-likeness (QED) is 0.597. The van der Waals surface area contributed by atoms with E-state index in [0.29, 0.717) is 11.8 Å². The van der Waals surface area contributed by atoms with Crippen LogP contribution in [0.3, 0.4) is 0 Å². The Labute approximate surface area is 79.8 Å². The standard InChI is InChI=1S/C9H18NOS/c1-5-10(12-7-11)6-9(4)8(2)3/h8-9H,5-6H2,1-4H3. The maximum absolute atomic E-state index is 10.1. The van der Waals surface area contributed by atoms with Crippen LogP contribution in [-0.2, 0) is 4.79 Å². The molecule has 0 aliphatic rings. The topological polar surface area (TPSA) is 20.3 Å². The summed E-state index contributed by atoms with van der Waals surface area (Å²) in [6.45, 7) is 10.5. The van der Waals surface area contributed by atoms with Crippen LogP contribution in [0.25, 0.3) is 0 Å². The van der Waals surface area contributed by atoms with Gasteiger partial charge in [0, 0.05) is 25.0 Å². The molecular formula is C9H18NOS. The molecule has 0 N–H and O–H groups in total. The Bertz CT molecular complexity index is 128. The maximum Gasteiger partial charge on any atom is 0.282 e. The van der Waals surface area contributed by atoms with Gasteiger partial charge in [0.25, 0.3) is 5.62 Å². The third-order valence-corrected chi connectivity index (χ3v) is 2.89. The Morgan fingerprint density at radius 3 is 2.33 bits per heavy atom. The molecule has 2 nitrogen and oxygen atoms in total. The van der Waals surface area contributed by atoms with Gasteiger partial charge < -0.3 is 0 Å². The third kappa shape index (κ3) is 4.78. The minimum atomic E-state index is 0.630. The second-order valence-electron chi connectivity index (χ2n) is 3.38. The summed E-state index contributed by atoms with van der Waals surface area (Å²) in [6, 6.07) is 0. The molecule has 0 aliphatic heterocycles. The first-order valence-corrected chi connectivity index (χ1v) is 5.18. The van der Waals surface area contributed by atoms with Gasteiger partial charge in [0.05, 0.1) is 0 Å². The molecule has 12 heavy (non-hydrogen) atoms. The summed E-state index contributed by atoms with van der Waals surface area (Å²) < 4.78 is 2.04. The highest BCUT2D eigenvalue weighted by molar-refractivity contribution is 8.09. The van der Waals surface area contributed by atoms with Crippen LogP contribution >= 0.6 is 11.9 Å². The van der Waals surface area contributed by atoms with Crippen LogP contribution in [0.15, 0.2) is 0 Å². The molecule has 1 unspecified atom stereocenters. The van der Waals surface area contributed by atoms with Crippen molar-refractivity contribution in [2.24, 2.45) is 11.8 Å². The first-order valence-electron chi connectivity index (χ1n) is 4.40. The van der Waals surface area contributed by atoms with E-state index in [0.717, 1.165) is 25.0 Å². The molecule has 0 heterocycles. The van der Waals surface area contributed by atoms with E-state index in [9.17, 15) is 4.79 Å². The average molecular weight is 188 g/mol. The van der Waals surface area contributed by atoms with Crippen molar-refractivity contribution >= 4 is 17.6 Å². The van der Waals surface area contributed by atoms with Gasteiger partial charge in [0.2, 0.25) is 0 Å². The highest BCUT2D eigenvalue weighted by atomic mass is 32.2. The normalized spacial score (nSPS) is 13.8. The predicted octanol–water partition coefficient (Wildman–Crippen LogP) is 2.32. The van der Waals surface area contributed by atoms with Crippen molar-refractivity contribution in [1.82, 2.24) is 4.31 Å². The molecule has 0 aromatic carbocycles. The fourth-order valence-corrected chi connectivity index (χ4v) is 1.36. The highest BCUT2D eigenvalue weighted by Gasteiger charge is 2.11. The fourth-order valence-electron chi connectivity index (χ4n) is 0.816. The monoisotopic (exact) mass is 188 g/mol. The van der Waals surface area contributed by atoms with Gasteiger partial charge in [-0.1, -0.05) is 27.7 Å². The summed E-state index contributed by atoms with van der Waals surface area (Å²) >= 11 is 1.15. The van der Waals surface area contributed by atoms with Crippen LogP contribution in [0, 0.1) is 11.8 Å². The fraction of sp³-hybridized carbons (Fsp3) is 0.889. The molecule has 0 spiro atoms. The van der Waals surface area contributed by atoms with Crippen LogP contribution in [0.2, 0.25) is 0 Å². The summed E-state index contributed by atoms with van der Waals surface area (Å²) in [5.74, 6) is 1.30. The summed E-state index contributed by atoms with van der Waals surface area (Å²) in [5, 5.41) is 0. The number of rotatable bonds is 6. The summed E-state index contributed by atoms with van der Waals surface area (Å²) in [4.78, 5) is 10.1. The van der Waals surface area contributed by atoms with Crippen molar-refractivity contribution in [2.75, 3.05) is 13.1 Å². The lowest BCUT2D eigenvalue weighted by atomic mass is 9.98. The highest BCUT2D eigenvalue weighted by Crippen LogP contribution is 2.15. The van der Waals surface area contributed by atoms with E-state index in [1.807, 2.05) is 9.92 Å². The van der Waals surface area contributed by atoms with Crippen LogP contribution in [0.1, 0.15) is 27.7 Å². The van der Waals surface area contributed by atoms with Crippen molar-refractivity contribution in [3.05, 3.63) is 0 Å². The third-order valence-electron chi connectivity index (χ3n) is 2.15. The Hall–Kier alpha value is -0.0200. The molecule has 0 aromatic rings. The second kappa shape index (κ2) is 6.49. The molecule has 3 heteroatoms. The van der Waals surface area contributed by atoms with Gasteiger partial charge in [0.15, 0.2) is 0 Å². The first-order chi connectivity index (χ1) is 5.61. The van der Waals surface area contributed by atoms with Gasteiger partial charge >= 0.3 is 0 Å². The second-order valence-corrected chi connectivity index (χ2v) is 4.24. The van der Waals surface area contributed by atoms with E-state index in [-0.39, 0.29) is 0 Å². The molecule has 0 aliphatic carbocycles. The molecule has 71 valence electrons. The lowest BCUT2D eigenvalue weighted by molar-refractivity contribution is 0.331. The van der Waals surface area contributed by atoms with E-state index in [1.165, 1.54) is 0 Å². The van der Waals surface area contributed by atoms with Gasteiger partial charge in [-0.25, -0.2) is 4.31 Å². The van der Waals surface area contributed by atoms with Crippen LogP contribution in [-0.4, -0.2) is 23.0 Å². The van der Waals surface area contributed by atoms with E-state index >= 15 is 0 Å². The molecule has 0 saturated heterocycles. The molecule has 1 atom stereocenters. The Balaban J connectivity index is 3.75. The van der Waals surface area contributed by atoms with Gasteiger partial charge in [-0.2, -0.15) is 0 Å². The zero-order valence-corrected chi connectivity index (χ0v) is 9.15. The minimum Gasteiger partial charge on any atom is -0.276 e. The molecule has 0 bridgehead atoms. The van der Waals surface area contributed by atoms with Crippen LogP contribution in [0.4, 0.5) is 0 Å². The van der Waals surface area contributed by atoms with Crippen molar-refractivity contribution < 1.29 is 4.79 Å². The summed E-state index contributed by atoms with van der Waals surface area (Å²) in [7, 11) is 0. The van der Waals surface area contributed by atoms with Crippen molar-refractivity contribution in [2.45, 2.75) is 27.7 Å². The van der Waals surface area contributed by atoms with Gasteiger partial charge in [-0.15, -0.1) is 0 Å². The van der Waals surface area contributed by atoms with Gasteiger partial charge in [0.1, 0.15) is 0 Å². The largest absolute Gasteiger partial charge is 0.282 e. The molecule has 0 amide bonds. The Morgan fingerprint density at radius 1 is 1.42 bits per heavy atom. The Morgan fingerprint density at radius 2 is 2.00 bits per heavy atom. The SMILES string of the molecule is CCN(CC(C)C(C)C)S[C]=O. The molecular weight excluding hydrogens is 170 g/mol. The maximum atomic E-state index is 10.1. The van der Waals surface area contributed by atoms with E-state index in [2.05, 4.69) is 27.7 Å². The lowest BCUT2D eigenvalue weighted by Gasteiger charge is -2.22.